The van der Waals surface area contributed by atoms with E-state index in [1.165, 1.54) is 17.5 Å². The highest BCUT2D eigenvalue weighted by molar-refractivity contribution is 7.14. The number of hydrogen-bond acceptors (Lipinski definition) is 7. The maximum atomic E-state index is 12.4. The van der Waals surface area contributed by atoms with Gasteiger partial charge in [-0.25, -0.2) is 9.97 Å². The van der Waals surface area contributed by atoms with Crippen molar-refractivity contribution < 1.29 is 9.53 Å². The Morgan fingerprint density at radius 2 is 2.12 bits per heavy atom. The summed E-state index contributed by atoms with van der Waals surface area (Å²) in [5, 5.41) is 9.41. The average Bonchev–Trinajstić information content (AvgIpc) is 3.34. The van der Waals surface area contributed by atoms with Crippen LogP contribution >= 0.6 is 22.7 Å². The third kappa shape index (κ3) is 3.76. The van der Waals surface area contributed by atoms with Gasteiger partial charge in [0.1, 0.15) is 16.5 Å². The second-order valence-corrected chi connectivity index (χ2v) is 6.82. The van der Waals surface area contributed by atoms with Crippen LogP contribution in [-0.4, -0.2) is 20.9 Å². The first kappa shape index (κ1) is 16.4. The number of thiophene rings is 1. The highest BCUT2D eigenvalue weighted by Gasteiger charge is 2.13. The van der Waals surface area contributed by atoms with Crippen molar-refractivity contribution in [1.82, 2.24) is 15.0 Å². The normalized spacial score (nSPS) is 10.5. The third-order valence-electron chi connectivity index (χ3n) is 3.36. The third-order valence-corrected chi connectivity index (χ3v) is 4.93. The van der Waals surface area contributed by atoms with Crippen molar-refractivity contribution >= 4 is 34.3 Å². The molecule has 0 saturated carbocycles. The second kappa shape index (κ2) is 7.42. The van der Waals surface area contributed by atoms with Gasteiger partial charge >= 0.3 is 0 Å². The van der Waals surface area contributed by atoms with Gasteiger partial charge in [-0.15, -0.1) is 11.3 Å². The van der Waals surface area contributed by atoms with Crippen LogP contribution in [0.4, 0.5) is 5.69 Å². The lowest BCUT2D eigenvalue weighted by Crippen LogP contribution is -2.12. The van der Waals surface area contributed by atoms with Gasteiger partial charge in [0, 0.05) is 40.5 Å². The first-order valence-corrected chi connectivity index (χ1v) is 9.43. The molecule has 0 fully saturated rings. The maximum absolute atomic E-state index is 12.4. The molecule has 128 valence electrons. The predicted octanol–water partition coefficient (Wildman–Crippen LogP) is 4.71. The number of thiazole rings is 1. The first-order chi connectivity index (χ1) is 12.8. The molecule has 0 radical (unpaired) electrons. The summed E-state index contributed by atoms with van der Waals surface area (Å²) < 4.78 is 5.62. The molecule has 3 aromatic heterocycles. The zero-order valence-corrected chi connectivity index (χ0v) is 15.0. The molecule has 1 amide bonds. The van der Waals surface area contributed by atoms with Crippen molar-refractivity contribution in [2.24, 2.45) is 0 Å². The van der Waals surface area contributed by atoms with Crippen LogP contribution in [0.1, 0.15) is 10.5 Å². The number of anilines is 1. The molecule has 0 unspecified atom stereocenters. The van der Waals surface area contributed by atoms with E-state index < -0.39 is 0 Å². The van der Waals surface area contributed by atoms with Gasteiger partial charge in [0.25, 0.3) is 5.91 Å². The highest BCUT2D eigenvalue weighted by atomic mass is 32.1. The van der Waals surface area contributed by atoms with Crippen molar-refractivity contribution in [1.29, 1.82) is 0 Å². The quantitative estimate of drug-likeness (QED) is 0.543. The SMILES string of the molecule is O=C(Nc1cccc(Oc2cnccn2)c1)c1csc(-c2ccsc2)n1. The molecule has 0 aliphatic rings. The van der Waals surface area contributed by atoms with Crippen LogP contribution < -0.4 is 10.1 Å². The Balaban J connectivity index is 1.47. The van der Waals surface area contributed by atoms with E-state index in [1.54, 1.807) is 53.4 Å². The topological polar surface area (TPSA) is 77.0 Å². The number of hydrogen-bond donors (Lipinski definition) is 1. The fourth-order valence-corrected chi connectivity index (χ4v) is 3.70. The summed E-state index contributed by atoms with van der Waals surface area (Å²) in [6.07, 6.45) is 4.64. The number of nitrogens with zero attached hydrogens (tertiary/aromatic N) is 3. The average molecular weight is 380 g/mol. The van der Waals surface area contributed by atoms with E-state index >= 15 is 0 Å². The minimum Gasteiger partial charge on any atom is -0.437 e. The lowest BCUT2D eigenvalue weighted by atomic mass is 10.3. The zero-order chi connectivity index (χ0) is 17.8. The summed E-state index contributed by atoms with van der Waals surface area (Å²) in [6, 6.07) is 9.06. The van der Waals surface area contributed by atoms with Crippen molar-refractivity contribution in [3.8, 4) is 22.2 Å². The molecule has 26 heavy (non-hydrogen) atoms. The number of amides is 1. The molecule has 4 rings (SSSR count). The van der Waals surface area contributed by atoms with E-state index in [4.69, 9.17) is 4.74 Å². The van der Waals surface area contributed by atoms with Crippen LogP contribution in [0.5, 0.6) is 11.6 Å². The van der Waals surface area contributed by atoms with Gasteiger partial charge in [0.15, 0.2) is 0 Å². The van der Waals surface area contributed by atoms with E-state index in [0.29, 0.717) is 23.0 Å². The van der Waals surface area contributed by atoms with Crippen LogP contribution in [0, 0.1) is 0 Å². The Kier molecular flexibility index (Phi) is 4.67. The molecule has 0 aliphatic carbocycles. The Hall–Kier alpha value is -3.10. The molecule has 8 heteroatoms. The smallest absolute Gasteiger partial charge is 0.275 e. The van der Waals surface area contributed by atoms with Gasteiger partial charge in [-0.2, -0.15) is 11.3 Å². The van der Waals surface area contributed by atoms with Gasteiger partial charge < -0.3 is 10.1 Å². The van der Waals surface area contributed by atoms with Crippen LogP contribution in [-0.2, 0) is 0 Å². The second-order valence-electron chi connectivity index (χ2n) is 5.18. The molecule has 3 heterocycles. The predicted molar refractivity (Wildman–Crippen MR) is 102 cm³/mol. The standard InChI is InChI=1S/C18H12N4O2S2/c23-17(15-11-26-18(22-15)12-4-7-25-10-12)21-13-2-1-3-14(8-13)24-16-9-19-5-6-20-16/h1-11H,(H,21,23). The number of nitrogens with one attached hydrogen (secondary N) is 1. The minimum absolute atomic E-state index is 0.264. The largest absolute Gasteiger partial charge is 0.437 e. The minimum atomic E-state index is -0.264. The molecule has 0 spiro atoms. The van der Waals surface area contributed by atoms with Crippen LogP contribution in [0.25, 0.3) is 10.6 Å². The van der Waals surface area contributed by atoms with E-state index in [-0.39, 0.29) is 5.91 Å². The van der Waals surface area contributed by atoms with Crippen molar-refractivity contribution in [2.45, 2.75) is 0 Å². The van der Waals surface area contributed by atoms with Gasteiger partial charge in [0.05, 0.1) is 6.20 Å². The molecule has 0 aliphatic heterocycles. The molecule has 0 bridgehead atoms. The fourth-order valence-electron chi connectivity index (χ4n) is 2.19. The molecule has 6 nitrogen and oxygen atoms in total. The number of aromatic nitrogens is 3. The van der Waals surface area contributed by atoms with Gasteiger partial charge in [0.2, 0.25) is 5.88 Å². The zero-order valence-electron chi connectivity index (χ0n) is 13.3. The van der Waals surface area contributed by atoms with Gasteiger partial charge in [-0.3, -0.25) is 9.78 Å². The fraction of sp³-hybridized carbons (Fsp3) is 0. The lowest BCUT2D eigenvalue weighted by molar-refractivity contribution is 0.102. The van der Waals surface area contributed by atoms with Gasteiger partial charge in [-0.1, -0.05) is 6.07 Å². The van der Waals surface area contributed by atoms with Gasteiger partial charge in [-0.05, 0) is 23.6 Å². The summed E-state index contributed by atoms with van der Waals surface area (Å²) in [7, 11) is 0. The Bertz CT molecular complexity index is 1020. The molecular formula is C18H12N4O2S2. The van der Waals surface area contributed by atoms with Crippen LogP contribution in [0.3, 0.4) is 0 Å². The molecule has 0 atom stereocenters. The van der Waals surface area contributed by atoms with E-state index in [2.05, 4.69) is 20.3 Å². The first-order valence-electron chi connectivity index (χ1n) is 7.61. The molecule has 4 aromatic rings. The molecule has 0 saturated heterocycles. The van der Waals surface area contributed by atoms with Crippen molar-refractivity contribution in [3.63, 3.8) is 0 Å². The van der Waals surface area contributed by atoms with Crippen molar-refractivity contribution in [2.75, 3.05) is 5.32 Å². The summed E-state index contributed by atoms with van der Waals surface area (Å²) in [5.74, 6) is 0.677. The number of rotatable bonds is 5. The van der Waals surface area contributed by atoms with E-state index in [1.807, 2.05) is 16.8 Å². The number of ether oxygens (including phenoxy) is 1. The summed E-state index contributed by atoms with van der Waals surface area (Å²) in [4.78, 5) is 24.9. The molecule has 1 N–H and O–H groups in total. The van der Waals surface area contributed by atoms with Crippen LogP contribution in [0.2, 0.25) is 0 Å². The monoisotopic (exact) mass is 380 g/mol. The number of carbonyl (C=O) groups is 1. The summed E-state index contributed by atoms with van der Waals surface area (Å²) >= 11 is 3.05. The maximum Gasteiger partial charge on any atom is 0.275 e. The van der Waals surface area contributed by atoms with E-state index in [0.717, 1.165) is 10.6 Å². The molecule has 1 aromatic carbocycles. The number of carbonyl (C=O) groups excluding carboxylic acids is 1. The number of benzene rings is 1. The lowest BCUT2D eigenvalue weighted by Gasteiger charge is -2.07. The Morgan fingerprint density at radius 3 is 2.92 bits per heavy atom. The molecular weight excluding hydrogens is 368 g/mol. The summed E-state index contributed by atoms with van der Waals surface area (Å²) in [5.41, 5.74) is 2.02. The highest BCUT2D eigenvalue weighted by Crippen LogP contribution is 2.26. The Morgan fingerprint density at radius 1 is 1.15 bits per heavy atom. The van der Waals surface area contributed by atoms with E-state index in [9.17, 15) is 4.79 Å². The van der Waals surface area contributed by atoms with Crippen LogP contribution in [0.15, 0.2) is 65.1 Å². The van der Waals surface area contributed by atoms with Crippen molar-refractivity contribution in [3.05, 3.63) is 70.8 Å². The summed E-state index contributed by atoms with van der Waals surface area (Å²) in [6.45, 7) is 0. The Labute approximate surface area is 157 Å².